The van der Waals surface area contributed by atoms with E-state index >= 15 is 0 Å². The van der Waals surface area contributed by atoms with Crippen molar-refractivity contribution in [1.82, 2.24) is 5.32 Å². The second kappa shape index (κ2) is 7.11. The second-order valence-corrected chi connectivity index (χ2v) is 5.82. The van der Waals surface area contributed by atoms with Crippen LogP contribution in [0.4, 0.5) is 0 Å². The van der Waals surface area contributed by atoms with Gasteiger partial charge in [-0.05, 0) is 37.0 Å². The molecule has 0 radical (unpaired) electrons. The van der Waals surface area contributed by atoms with E-state index in [1.807, 2.05) is 0 Å². The van der Waals surface area contributed by atoms with Gasteiger partial charge >= 0.3 is 5.97 Å². The highest BCUT2D eigenvalue weighted by atomic mass is 16.4. The van der Waals surface area contributed by atoms with Crippen LogP contribution in [0, 0.1) is 11.3 Å². The van der Waals surface area contributed by atoms with E-state index in [2.05, 4.69) is 5.32 Å². The standard InChI is InChI=1S/C16H23NO4/c1-11(2)16(3,15(20)21)10-14(19)17-9-8-12-4-6-13(18)7-5-12/h4-7,11,18H,8-10H2,1-3H3,(H,17,19)(H,20,21). The molecule has 1 atom stereocenters. The lowest BCUT2D eigenvalue weighted by molar-refractivity contribution is -0.153. The fourth-order valence-electron chi connectivity index (χ4n) is 1.93. The fraction of sp³-hybridized carbons (Fsp3) is 0.500. The van der Waals surface area contributed by atoms with Crippen molar-refractivity contribution in [2.45, 2.75) is 33.6 Å². The van der Waals surface area contributed by atoms with Crippen molar-refractivity contribution in [3.8, 4) is 5.75 Å². The van der Waals surface area contributed by atoms with Crippen molar-refractivity contribution < 1.29 is 19.8 Å². The summed E-state index contributed by atoms with van der Waals surface area (Å²) >= 11 is 0. The van der Waals surface area contributed by atoms with Gasteiger partial charge in [-0.3, -0.25) is 9.59 Å². The molecule has 0 saturated carbocycles. The third-order valence-electron chi connectivity index (χ3n) is 3.96. The Morgan fingerprint density at radius 1 is 1.24 bits per heavy atom. The number of phenols is 1. The zero-order valence-electron chi connectivity index (χ0n) is 12.7. The zero-order valence-corrected chi connectivity index (χ0v) is 12.7. The van der Waals surface area contributed by atoms with Gasteiger partial charge in [0.1, 0.15) is 5.75 Å². The van der Waals surface area contributed by atoms with Crippen molar-refractivity contribution in [3.63, 3.8) is 0 Å². The van der Waals surface area contributed by atoms with Gasteiger partial charge in [-0.2, -0.15) is 0 Å². The minimum atomic E-state index is -1.05. The molecule has 5 nitrogen and oxygen atoms in total. The normalized spacial score (nSPS) is 13.7. The summed E-state index contributed by atoms with van der Waals surface area (Å²) in [5, 5.41) is 21.2. The molecule has 1 amide bonds. The molecule has 0 aliphatic heterocycles. The van der Waals surface area contributed by atoms with Crippen molar-refractivity contribution in [1.29, 1.82) is 0 Å². The van der Waals surface area contributed by atoms with Crippen LogP contribution in [0.2, 0.25) is 0 Å². The van der Waals surface area contributed by atoms with Crippen LogP contribution in [-0.4, -0.2) is 28.6 Å². The average molecular weight is 293 g/mol. The molecule has 5 heteroatoms. The summed E-state index contributed by atoms with van der Waals surface area (Å²) in [5.74, 6) is -1.13. The number of carboxylic acids is 1. The maximum absolute atomic E-state index is 11.9. The molecule has 3 N–H and O–H groups in total. The Balaban J connectivity index is 2.47. The lowest BCUT2D eigenvalue weighted by atomic mass is 9.76. The van der Waals surface area contributed by atoms with Crippen LogP contribution < -0.4 is 5.32 Å². The Morgan fingerprint density at radius 3 is 2.29 bits per heavy atom. The van der Waals surface area contributed by atoms with Gasteiger partial charge in [0.2, 0.25) is 5.91 Å². The van der Waals surface area contributed by atoms with Gasteiger partial charge < -0.3 is 15.5 Å². The van der Waals surface area contributed by atoms with Crippen molar-refractivity contribution in [2.24, 2.45) is 11.3 Å². The zero-order chi connectivity index (χ0) is 16.0. The van der Waals surface area contributed by atoms with Gasteiger partial charge in [-0.25, -0.2) is 0 Å². The van der Waals surface area contributed by atoms with Crippen molar-refractivity contribution >= 4 is 11.9 Å². The van der Waals surface area contributed by atoms with Crippen LogP contribution in [-0.2, 0) is 16.0 Å². The predicted molar refractivity (Wildman–Crippen MR) is 80.0 cm³/mol. The van der Waals surface area contributed by atoms with E-state index in [4.69, 9.17) is 0 Å². The Bertz CT molecular complexity index is 496. The lowest BCUT2D eigenvalue weighted by Gasteiger charge is -2.28. The highest BCUT2D eigenvalue weighted by Crippen LogP contribution is 2.31. The van der Waals surface area contributed by atoms with Gasteiger partial charge in [0, 0.05) is 13.0 Å². The smallest absolute Gasteiger partial charge is 0.310 e. The van der Waals surface area contributed by atoms with Crippen LogP contribution in [0.5, 0.6) is 5.75 Å². The van der Waals surface area contributed by atoms with Gasteiger partial charge in [0.05, 0.1) is 5.41 Å². The van der Waals surface area contributed by atoms with E-state index in [-0.39, 0.29) is 24.0 Å². The number of nitrogens with one attached hydrogen (secondary N) is 1. The molecule has 0 spiro atoms. The Morgan fingerprint density at radius 2 is 1.81 bits per heavy atom. The highest BCUT2D eigenvalue weighted by molar-refractivity contribution is 5.84. The molecular weight excluding hydrogens is 270 g/mol. The van der Waals surface area contributed by atoms with E-state index in [1.54, 1.807) is 45.0 Å². The van der Waals surface area contributed by atoms with E-state index < -0.39 is 11.4 Å². The van der Waals surface area contributed by atoms with E-state index in [9.17, 15) is 19.8 Å². The predicted octanol–water partition coefficient (Wildman–Crippen LogP) is 2.19. The molecule has 0 heterocycles. The van der Waals surface area contributed by atoms with Crippen LogP contribution in [0.1, 0.15) is 32.8 Å². The Kier molecular flexibility index (Phi) is 5.76. The summed E-state index contributed by atoms with van der Waals surface area (Å²) in [4.78, 5) is 23.2. The first kappa shape index (κ1) is 17.0. The molecule has 1 rings (SSSR count). The highest BCUT2D eigenvalue weighted by Gasteiger charge is 2.38. The third-order valence-corrected chi connectivity index (χ3v) is 3.96. The molecule has 0 fully saturated rings. The lowest BCUT2D eigenvalue weighted by Crippen LogP contribution is -2.39. The molecule has 1 aromatic carbocycles. The van der Waals surface area contributed by atoms with Crippen LogP contribution in [0.15, 0.2) is 24.3 Å². The maximum atomic E-state index is 11.9. The summed E-state index contributed by atoms with van der Waals surface area (Å²) in [6.07, 6.45) is 0.604. The molecule has 0 bridgehead atoms. The van der Waals surface area contributed by atoms with E-state index in [0.717, 1.165) is 5.56 Å². The van der Waals surface area contributed by atoms with Gasteiger partial charge in [0.15, 0.2) is 0 Å². The molecule has 0 aliphatic carbocycles. The first-order valence-electron chi connectivity index (χ1n) is 7.03. The minimum absolute atomic E-state index is 0.0322. The SMILES string of the molecule is CC(C)C(C)(CC(=O)NCCc1ccc(O)cc1)C(=O)O. The number of phenolic OH excluding ortho intramolecular Hbond substituents is 1. The molecule has 1 unspecified atom stereocenters. The number of hydrogen-bond acceptors (Lipinski definition) is 3. The average Bonchev–Trinajstić information content (AvgIpc) is 2.40. The third kappa shape index (κ3) is 4.77. The Labute approximate surface area is 125 Å². The first-order chi connectivity index (χ1) is 9.75. The number of carbonyl (C=O) groups is 2. The topological polar surface area (TPSA) is 86.6 Å². The fourth-order valence-corrected chi connectivity index (χ4v) is 1.93. The van der Waals surface area contributed by atoms with Gasteiger partial charge in [0.25, 0.3) is 0 Å². The van der Waals surface area contributed by atoms with Crippen molar-refractivity contribution in [3.05, 3.63) is 29.8 Å². The molecule has 0 aromatic heterocycles. The quantitative estimate of drug-likeness (QED) is 0.719. The molecule has 0 aliphatic rings. The minimum Gasteiger partial charge on any atom is -0.508 e. The first-order valence-corrected chi connectivity index (χ1v) is 7.03. The maximum Gasteiger partial charge on any atom is 0.310 e. The van der Waals surface area contributed by atoms with Crippen molar-refractivity contribution in [2.75, 3.05) is 6.54 Å². The van der Waals surface area contributed by atoms with Crippen LogP contribution >= 0.6 is 0 Å². The molecule has 116 valence electrons. The van der Waals surface area contributed by atoms with Gasteiger partial charge in [-0.1, -0.05) is 26.0 Å². The monoisotopic (exact) mass is 293 g/mol. The number of amides is 1. The number of aromatic hydroxyl groups is 1. The van der Waals surface area contributed by atoms with Gasteiger partial charge in [-0.15, -0.1) is 0 Å². The largest absolute Gasteiger partial charge is 0.508 e. The summed E-state index contributed by atoms with van der Waals surface area (Å²) in [6.45, 7) is 5.65. The Hall–Kier alpha value is -2.04. The van der Waals surface area contributed by atoms with Crippen LogP contribution in [0.3, 0.4) is 0 Å². The summed E-state index contributed by atoms with van der Waals surface area (Å²) < 4.78 is 0. The summed E-state index contributed by atoms with van der Waals surface area (Å²) in [7, 11) is 0. The molecule has 21 heavy (non-hydrogen) atoms. The molecule has 1 aromatic rings. The van der Waals surface area contributed by atoms with Crippen LogP contribution in [0.25, 0.3) is 0 Å². The number of benzene rings is 1. The number of carbonyl (C=O) groups excluding carboxylic acids is 1. The van der Waals surface area contributed by atoms with E-state index in [1.165, 1.54) is 0 Å². The second-order valence-electron chi connectivity index (χ2n) is 5.82. The number of carboxylic acid groups (broad SMARTS) is 1. The molecular formula is C16H23NO4. The number of aliphatic carboxylic acids is 1. The van der Waals surface area contributed by atoms with E-state index in [0.29, 0.717) is 13.0 Å². The number of rotatable bonds is 7. The number of hydrogen-bond donors (Lipinski definition) is 3. The summed E-state index contributed by atoms with van der Waals surface area (Å²) in [5.41, 5.74) is -0.0548. The summed E-state index contributed by atoms with van der Waals surface area (Å²) in [6, 6.07) is 6.77. The molecule has 0 saturated heterocycles.